The van der Waals surface area contributed by atoms with Crippen molar-refractivity contribution < 1.29 is 19.3 Å². The molecule has 134 valence electrons. The second-order valence-corrected chi connectivity index (χ2v) is 6.64. The highest BCUT2D eigenvalue weighted by Gasteiger charge is 2.15. The van der Waals surface area contributed by atoms with E-state index in [9.17, 15) is 5.11 Å². The molecule has 0 saturated heterocycles. The second-order valence-electron chi connectivity index (χ2n) is 5.78. The summed E-state index contributed by atoms with van der Waals surface area (Å²) in [6.45, 7) is 1.92. The van der Waals surface area contributed by atoms with Crippen molar-refractivity contribution in [3.8, 4) is 23.0 Å². The molecule has 0 unspecified atom stereocenters. The third-order valence-electron chi connectivity index (χ3n) is 3.83. The van der Waals surface area contributed by atoms with Crippen molar-refractivity contribution in [2.75, 3.05) is 13.2 Å². The molecule has 0 aliphatic carbocycles. The smallest absolute Gasteiger partial charge is 0.162 e. The molecule has 1 aliphatic rings. The van der Waals surface area contributed by atoms with Crippen LogP contribution in [0, 0.1) is 0 Å². The van der Waals surface area contributed by atoms with Gasteiger partial charge in [0.25, 0.3) is 0 Å². The minimum Gasteiger partial charge on any atom is -0.508 e. The molecule has 1 aromatic heterocycles. The Labute approximate surface area is 158 Å². The molecule has 2 heterocycles. The number of hydrogen-bond donors (Lipinski definition) is 1. The van der Waals surface area contributed by atoms with E-state index in [1.165, 1.54) is 0 Å². The zero-order valence-electron chi connectivity index (χ0n) is 13.8. The number of phenols is 1. The minimum atomic E-state index is 0.162. The first-order valence-electron chi connectivity index (χ1n) is 8.06. The average molecular weight is 418 g/mol. The Kier molecular flexibility index (Phi) is 4.66. The maximum Gasteiger partial charge on any atom is 0.162 e. The van der Waals surface area contributed by atoms with Crippen LogP contribution in [0.3, 0.4) is 0 Å². The first-order valence-corrected chi connectivity index (χ1v) is 8.85. The lowest BCUT2D eigenvalue weighted by atomic mass is 10.2. The van der Waals surface area contributed by atoms with Gasteiger partial charge < -0.3 is 19.3 Å². The van der Waals surface area contributed by atoms with Gasteiger partial charge in [0.15, 0.2) is 11.5 Å². The summed E-state index contributed by atoms with van der Waals surface area (Å²) in [7, 11) is 0. The Bertz CT molecular complexity index is 929. The van der Waals surface area contributed by atoms with Gasteiger partial charge >= 0.3 is 0 Å². The highest BCUT2D eigenvalue weighted by Crippen LogP contribution is 2.35. The highest BCUT2D eigenvalue weighted by molar-refractivity contribution is 9.10. The van der Waals surface area contributed by atoms with Gasteiger partial charge in [-0.25, -0.2) is 4.68 Å². The number of halogens is 1. The van der Waals surface area contributed by atoms with E-state index < -0.39 is 0 Å². The van der Waals surface area contributed by atoms with Gasteiger partial charge in [0.05, 0.1) is 12.7 Å². The van der Waals surface area contributed by atoms with Gasteiger partial charge in [-0.3, -0.25) is 0 Å². The highest BCUT2D eigenvalue weighted by atomic mass is 79.9. The Morgan fingerprint density at radius 3 is 2.77 bits per heavy atom. The SMILES string of the molecule is Oc1cccc(OCc2cn(Cc3cc4c(cc3Br)OCCO4)nn2)c1. The lowest BCUT2D eigenvalue weighted by Crippen LogP contribution is -2.16. The molecule has 0 fully saturated rings. The predicted octanol–water partition coefficient (Wildman–Crippen LogP) is 3.14. The zero-order valence-corrected chi connectivity index (χ0v) is 15.3. The molecule has 0 spiro atoms. The van der Waals surface area contributed by atoms with Crippen LogP contribution in [0.25, 0.3) is 0 Å². The fourth-order valence-corrected chi connectivity index (χ4v) is 3.06. The van der Waals surface area contributed by atoms with Crippen molar-refractivity contribution in [2.24, 2.45) is 0 Å². The van der Waals surface area contributed by atoms with E-state index in [4.69, 9.17) is 14.2 Å². The molecular weight excluding hydrogens is 402 g/mol. The maximum absolute atomic E-state index is 9.45. The van der Waals surface area contributed by atoms with Gasteiger partial charge in [-0.2, -0.15) is 0 Å². The lowest BCUT2D eigenvalue weighted by molar-refractivity contribution is 0.171. The fraction of sp³-hybridized carbons (Fsp3) is 0.222. The van der Waals surface area contributed by atoms with Crippen LogP contribution in [0.1, 0.15) is 11.3 Å². The summed E-state index contributed by atoms with van der Waals surface area (Å²) in [6.07, 6.45) is 1.83. The summed E-state index contributed by atoms with van der Waals surface area (Å²) < 4.78 is 19.5. The fourth-order valence-electron chi connectivity index (χ4n) is 2.61. The number of ether oxygens (including phenoxy) is 3. The Balaban J connectivity index is 1.43. The van der Waals surface area contributed by atoms with Gasteiger partial charge in [-0.15, -0.1) is 5.10 Å². The standard InChI is InChI=1S/C18H16BrN3O4/c19-16-8-18-17(24-4-5-25-18)6-12(16)9-22-10-13(20-21-22)11-26-15-3-1-2-14(23)7-15/h1-3,6-8,10,23H,4-5,9,11H2. The van der Waals surface area contributed by atoms with Gasteiger partial charge in [-0.1, -0.05) is 27.2 Å². The molecule has 1 N–H and O–H groups in total. The molecule has 1 aliphatic heterocycles. The number of nitrogens with zero attached hydrogens (tertiary/aromatic N) is 3. The average Bonchev–Trinajstić information content (AvgIpc) is 3.08. The Morgan fingerprint density at radius 1 is 1.15 bits per heavy atom. The number of phenolic OH excluding ortho intramolecular Hbond substituents is 1. The number of aromatic nitrogens is 3. The van der Waals surface area contributed by atoms with Crippen molar-refractivity contribution in [1.29, 1.82) is 0 Å². The van der Waals surface area contributed by atoms with Crippen LogP contribution < -0.4 is 14.2 Å². The first kappa shape index (κ1) is 16.7. The lowest BCUT2D eigenvalue weighted by Gasteiger charge is -2.19. The van der Waals surface area contributed by atoms with Gasteiger partial charge in [-0.05, 0) is 29.8 Å². The van der Waals surface area contributed by atoms with Gasteiger partial charge in [0.2, 0.25) is 0 Å². The molecule has 0 bridgehead atoms. The molecule has 0 atom stereocenters. The molecule has 26 heavy (non-hydrogen) atoms. The van der Waals surface area contributed by atoms with Crippen molar-refractivity contribution in [3.63, 3.8) is 0 Å². The molecule has 4 rings (SSSR count). The van der Waals surface area contributed by atoms with Crippen molar-refractivity contribution >= 4 is 15.9 Å². The Hall–Kier alpha value is -2.74. The third-order valence-corrected chi connectivity index (χ3v) is 4.57. The van der Waals surface area contributed by atoms with Crippen LogP contribution in [0.15, 0.2) is 47.1 Å². The van der Waals surface area contributed by atoms with Gasteiger partial charge in [0, 0.05) is 10.5 Å². The Morgan fingerprint density at radius 2 is 1.96 bits per heavy atom. The quantitative estimate of drug-likeness (QED) is 0.686. The molecule has 2 aromatic carbocycles. The molecule has 8 heteroatoms. The summed E-state index contributed by atoms with van der Waals surface area (Å²) in [5.74, 6) is 2.22. The topological polar surface area (TPSA) is 78.6 Å². The molecule has 0 amide bonds. The van der Waals surface area contributed by atoms with E-state index in [-0.39, 0.29) is 12.4 Å². The predicted molar refractivity (Wildman–Crippen MR) is 96.7 cm³/mol. The van der Waals surface area contributed by atoms with E-state index in [1.54, 1.807) is 28.9 Å². The monoisotopic (exact) mass is 417 g/mol. The number of benzene rings is 2. The van der Waals surface area contributed by atoms with Crippen molar-refractivity contribution in [3.05, 3.63) is 58.3 Å². The number of aromatic hydroxyl groups is 1. The van der Waals surface area contributed by atoms with Gasteiger partial charge in [0.1, 0.15) is 37.0 Å². The van der Waals surface area contributed by atoms with E-state index >= 15 is 0 Å². The normalized spacial score (nSPS) is 12.8. The van der Waals surface area contributed by atoms with E-state index in [0.29, 0.717) is 31.2 Å². The molecule has 7 nitrogen and oxygen atoms in total. The number of fused-ring (bicyclic) bond motifs is 1. The van der Waals surface area contributed by atoms with Crippen LogP contribution in [0.4, 0.5) is 0 Å². The number of hydrogen-bond acceptors (Lipinski definition) is 6. The van der Waals surface area contributed by atoms with Crippen LogP contribution in [0.2, 0.25) is 0 Å². The van der Waals surface area contributed by atoms with Crippen molar-refractivity contribution in [1.82, 2.24) is 15.0 Å². The van der Waals surface area contributed by atoms with Crippen LogP contribution in [-0.2, 0) is 13.2 Å². The zero-order chi connectivity index (χ0) is 17.9. The first-order chi connectivity index (χ1) is 12.7. The molecular formula is C18H16BrN3O4. The molecule has 0 radical (unpaired) electrons. The second kappa shape index (κ2) is 7.25. The number of rotatable bonds is 5. The van der Waals surface area contributed by atoms with E-state index in [2.05, 4.69) is 26.2 Å². The van der Waals surface area contributed by atoms with E-state index in [1.807, 2.05) is 18.3 Å². The van der Waals surface area contributed by atoms with E-state index in [0.717, 1.165) is 21.5 Å². The largest absolute Gasteiger partial charge is 0.508 e. The summed E-state index contributed by atoms with van der Waals surface area (Å²) in [5, 5.41) is 17.7. The minimum absolute atomic E-state index is 0.162. The van der Waals surface area contributed by atoms with Crippen LogP contribution in [-0.4, -0.2) is 33.3 Å². The van der Waals surface area contributed by atoms with Crippen LogP contribution in [0.5, 0.6) is 23.0 Å². The summed E-state index contributed by atoms with van der Waals surface area (Å²) in [6, 6.07) is 10.5. The summed E-state index contributed by atoms with van der Waals surface area (Å²) >= 11 is 3.56. The molecule has 0 saturated carbocycles. The maximum atomic E-state index is 9.45. The summed E-state index contributed by atoms with van der Waals surface area (Å²) in [4.78, 5) is 0. The summed E-state index contributed by atoms with van der Waals surface area (Å²) in [5.41, 5.74) is 1.71. The molecule has 3 aromatic rings. The van der Waals surface area contributed by atoms with Crippen molar-refractivity contribution in [2.45, 2.75) is 13.2 Å². The third kappa shape index (κ3) is 3.75. The van der Waals surface area contributed by atoms with Crippen LogP contribution >= 0.6 is 15.9 Å².